The van der Waals surface area contributed by atoms with E-state index in [0.29, 0.717) is 17.7 Å². The van der Waals surface area contributed by atoms with Crippen LogP contribution in [0.15, 0.2) is 42.7 Å². The second-order valence-electron chi connectivity index (χ2n) is 4.52. The Balaban J connectivity index is 2.15. The number of carboxylic acids is 1. The molecule has 0 saturated carbocycles. The van der Waals surface area contributed by atoms with Gasteiger partial charge in [-0.25, -0.2) is 4.39 Å². The molecule has 0 aliphatic rings. The highest BCUT2D eigenvalue weighted by Crippen LogP contribution is 2.17. The van der Waals surface area contributed by atoms with E-state index in [-0.39, 0.29) is 5.82 Å². The third-order valence-corrected chi connectivity index (χ3v) is 3.00. The zero-order valence-corrected chi connectivity index (χ0v) is 11.0. The monoisotopic (exact) mass is 274 g/mol. The van der Waals surface area contributed by atoms with Gasteiger partial charge in [0.15, 0.2) is 0 Å². The minimum absolute atomic E-state index is 0.342. The molecule has 1 atom stereocenters. The molecule has 0 amide bonds. The van der Waals surface area contributed by atoms with Crippen LogP contribution in [0.1, 0.15) is 22.7 Å². The Hall–Kier alpha value is -2.27. The van der Waals surface area contributed by atoms with Crippen molar-refractivity contribution in [2.45, 2.75) is 19.5 Å². The number of aryl methyl sites for hydroxylation is 1. The first-order valence-corrected chi connectivity index (χ1v) is 6.19. The van der Waals surface area contributed by atoms with Crippen LogP contribution in [0, 0.1) is 12.7 Å². The number of pyridine rings is 1. The normalized spacial score (nSPS) is 12.1. The molecule has 104 valence electrons. The van der Waals surface area contributed by atoms with Crippen LogP contribution in [0.2, 0.25) is 0 Å². The van der Waals surface area contributed by atoms with Gasteiger partial charge in [-0.05, 0) is 35.7 Å². The summed E-state index contributed by atoms with van der Waals surface area (Å²) in [5.41, 5.74) is 1.84. The zero-order chi connectivity index (χ0) is 14.5. The molecule has 0 fully saturated rings. The van der Waals surface area contributed by atoms with Crippen LogP contribution in [0.25, 0.3) is 0 Å². The van der Waals surface area contributed by atoms with E-state index in [1.54, 1.807) is 31.5 Å². The van der Waals surface area contributed by atoms with Crippen LogP contribution in [-0.4, -0.2) is 16.1 Å². The summed E-state index contributed by atoms with van der Waals surface area (Å²) in [6.07, 6.45) is 3.32. The lowest BCUT2D eigenvalue weighted by atomic mass is 10.0. The Bertz CT molecular complexity index is 602. The number of aromatic nitrogens is 1. The largest absolute Gasteiger partial charge is 0.480 e. The molecular formula is C15H15FN2O2. The number of hydrogen-bond acceptors (Lipinski definition) is 3. The van der Waals surface area contributed by atoms with Crippen molar-refractivity contribution in [1.29, 1.82) is 0 Å². The van der Waals surface area contributed by atoms with Crippen LogP contribution >= 0.6 is 0 Å². The zero-order valence-electron chi connectivity index (χ0n) is 11.0. The van der Waals surface area contributed by atoms with Crippen molar-refractivity contribution < 1.29 is 14.3 Å². The van der Waals surface area contributed by atoms with Crippen molar-refractivity contribution >= 4 is 5.97 Å². The van der Waals surface area contributed by atoms with Crippen molar-refractivity contribution in [3.63, 3.8) is 0 Å². The number of rotatable bonds is 5. The summed E-state index contributed by atoms with van der Waals surface area (Å²) in [5.74, 6) is -1.34. The van der Waals surface area contributed by atoms with E-state index in [1.165, 1.54) is 12.1 Å². The smallest absolute Gasteiger partial charge is 0.325 e. The molecular weight excluding hydrogens is 259 g/mol. The minimum atomic E-state index is -1.00. The number of aliphatic carboxylic acids is 1. The van der Waals surface area contributed by atoms with Crippen LogP contribution in [-0.2, 0) is 11.3 Å². The van der Waals surface area contributed by atoms with Gasteiger partial charge >= 0.3 is 5.97 Å². The molecule has 1 aromatic heterocycles. The Morgan fingerprint density at radius 2 is 2.25 bits per heavy atom. The summed E-state index contributed by atoms with van der Waals surface area (Å²) in [6, 6.07) is 7.08. The number of halogens is 1. The van der Waals surface area contributed by atoms with E-state index >= 15 is 0 Å². The van der Waals surface area contributed by atoms with Gasteiger partial charge in [0, 0.05) is 18.9 Å². The third-order valence-electron chi connectivity index (χ3n) is 3.00. The van der Waals surface area contributed by atoms with Gasteiger partial charge in [0.1, 0.15) is 11.9 Å². The van der Waals surface area contributed by atoms with E-state index in [0.717, 1.165) is 5.56 Å². The summed E-state index contributed by atoms with van der Waals surface area (Å²) in [4.78, 5) is 15.3. The molecule has 1 unspecified atom stereocenters. The van der Waals surface area contributed by atoms with Gasteiger partial charge in [0.05, 0.1) is 0 Å². The minimum Gasteiger partial charge on any atom is -0.480 e. The lowest BCUT2D eigenvalue weighted by Crippen LogP contribution is -2.28. The molecule has 0 aliphatic carbocycles. The number of hydrogen-bond donors (Lipinski definition) is 2. The molecule has 0 aliphatic heterocycles. The molecule has 0 radical (unpaired) electrons. The third kappa shape index (κ3) is 3.39. The van der Waals surface area contributed by atoms with E-state index in [1.807, 2.05) is 6.07 Å². The second-order valence-corrected chi connectivity index (χ2v) is 4.52. The lowest BCUT2D eigenvalue weighted by molar-refractivity contribution is -0.139. The van der Waals surface area contributed by atoms with E-state index in [4.69, 9.17) is 0 Å². The van der Waals surface area contributed by atoms with Crippen LogP contribution in [0.5, 0.6) is 0 Å². The quantitative estimate of drug-likeness (QED) is 0.879. The van der Waals surface area contributed by atoms with Crippen LogP contribution in [0.4, 0.5) is 4.39 Å². The molecule has 1 heterocycles. The highest BCUT2D eigenvalue weighted by atomic mass is 19.1. The number of benzene rings is 1. The van der Waals surface area contributed by atoms with Crippen molar-refractivity contribution in [1.82, 2.24) is 10.3 Å². The maximum atomic E-state index is 13.2. The van der Waals surface area contributed by atoms with Gasteiger partial charge in [-0.3, -0.25) is 15.1 Å². The Kier molecular flexibility index (Phi) is 4.42. The topological polar surface area (TPSA) is 62.2 Å². The Labute approximate surface area is 116 Å². The summed E-state index contributed by atoms with van der Waals surface area (Å²) in [6.45, 7) is 1.99. The number of nitrogens with one attached hydrogen (secondary N) is 1. The first kappa shape index (κ1) is 14.1. The molecule has 0 bridgehead atoms. The van der Waals surface area contributed by atoms with Gasteiger partial charge in [-0.1, -0.05) is 18.2 Å². The average molecular weight is 274 g/mol. The molecule has 2 rings (SSSR count). The SMILES string of the molecule is Cc1cc(C(NCc2cccnc2)C(=O)O)ccc1F. The molecule has 0 spiro atoms. The van der Waals surface area contributed by atoms with Crippen molar-refractivity contribution in [3.8, 4) is 0 Å². The highest BCUT2D eigenvalue weighted by molar-refractivity contribution is 5.75. The molecule has 5 heteroatoms. The Morgan fingerprint density at radius 1 is 1.45 bits per heavy atom. The van der Waals surface area contributed by atoms with Gasteiger partial charge in [0.25, 0.3) is 0 Å². The Morgan fingerprint density at radius 3 is 2.85 bits per heavy atom. The lowest BCUT2D eigenvalue weighted by Gasteiger charge is -2.15. The van der Waals surface area contributed by atoms with Crippen LogP contribution in [0.3, 0.4) is 0 Å². The summed E-state index contributed by atoms with van der Waals surface area (Å²) in [7, 11) is 0. The van der Waals surface area contributed by atoms with Crippen molar-refractivity contribution in [2.24, 2.45) is 0 Å². The molecule has 0 saturated heterocycles. The van der Waals surface area contributed by atoms with Crippen molar-refractivity contribution in [2.75, 3.05) is 0 Å². The predicted molar refractivity (Wildman–Crippen MR) is 72.6 cm³/mol. The summed E-state index contributed by atoms with van der Waals surface area (Å²) < 4.78 is 13.2. The average Bonchev–Trinajstić information content (AvgIpc) is 2.43. The first-order valence-electron chi connectivity index (χ1n) is 6.19. The number of carboxylic acid groups (broad SMARTS) is 1. The van der Waals surface area contributed by atoms with E-state index in [9.17, 15) is 14.3 Å². The molecule has 2 aromatic rings. The maximum Gasteiger partial charge on any atom is 0.325 e. The molecule has 20 heavy (non-hydrogen) atoms. The fraction of sp³-hybridized carbons (Fsp3) is 0.200. The fourth-order valence-electron chi connectivity index (χ4n) is 1.92. The molecule has 1 aromatic carbocycles. The molecule has 4 nitrogen and oxygen atoms in total. The van der Waals surface area contributed by atoms with Gasteiger partial charge in [-0.2, -0.15) is 0 Å². The van der Waals surface area contributed by atoms with Gasteiger partial charge < -0.3 is 5.11 Å². The van der Waals surface area contributed by atoms with Crippen LogP contribution < -0.4 is 5.32 Å². The number of carbonyl (C=O) groups is 1. The first-order chi connectivity index (χ1) is 9.58. The molecule has 2 N–H and O–H groups in total. The summed E-state index contributed by atoms with van der Waals surface area (Å²) >= 11 is 0. The van der Waals surface area contributed by atoms with Crippen molar-refractivity contribution in [3.05, 3.63) is 65.2 Å². The highest BCUT2D eigenvalue weighted by Gasteiger charge is 2.19. The maximum absolute atomic E-state index is 13.2. The standard InChI is InChI=1S/C15H15FN2O2/c1-10-7-12(4-5-13(10)16)14(15(19)20)18-9-11-3-2-6-17-8-11/h2-8,14,18H,9H2,1H3,(H,19,20). The number of nitrogens with zero attached hydrogens (tertiary/aromatic N) is 1. The van der Waals surface area contributed by atoms with E-state index in [2.05, 4.69) is 10.3 Å². The van der Waals surface area contributed by atoms with Gasteiger partial charge in [-0.15, -0.1) is 0 Å². The van der Waals surface area contributed by atoms with Gasteiger partial charge in [0.2, 0.25) is 0 Å². The second kappa shape index (κ2) is 6.25. The fourth-order valence-corrected chi connectivity index (χ4v) is 1.92. The summed E-state index contributed by atoms with van der Waals surface area (Å²) in [5, 5.41) is 12.2. The predicted octanol–water partition coefficient (Wildman–Crippen LogP) is 2.44. The van der Waals surface area contributed by atoms with E-state index < -0.39 is 12.0 Å².